The highest BCUT2D eigenvalue weighted by Gasteiger charge is 2.14. The molecule has 0 radical (unpaired) electrons. The number of aromatic nitrogens is 1. The van der Waals surface area contributed by atoms with E-state index in [4.69, 9.17) is 0 Å². The molecule has 0 aliphatic carbocycles. The van der Waals surface area contributed by atoms with E-state index in [1.54, 1.807) is 0 Å². The third-order valence-electron chi connectivity index (χ3n) is 3.88. The summed E-state index contributed by atoms with van der Waals surface area (Å²) >= 11 is 3.43. The van der Waals surface area contributed by atoms with Crippen molar-refractivity contribution in [2.45, 2.75) is 19.9 Å². The largest absolute Gasteiger partial charge is 0.351 e. The normalized spacial score (nSPS) is 12.0. The van der Waals surface area contributed by atoms with E-state index >= 15 is 0 Å². The highest BCUT2D eigenvalue weighted by Crippen LogP contribution is 2.22. The van der Waals surface area contributed by atoms with E-state index in [1.807, 2.05) is 55.5 Å². The summed E-state index contributed by atoms with van der Waals surface area (Å²) in [7, 11) is 0. The standard InChI is InChI=1S/C19H18BrN3O2/c1-11(13-4-3-5-16(9-13)22-12(2)24)21-19(25)18-10-14-8-15(20)6-7-17(14)23-18/h3-11,23H,1-2H3,(H,21,25)(H,22,24). The number of hydrogen-bond acceptors (Lipinski definition) is 2. The van der Waals surface area contributed by atoms with Gasteiger partial charge in [0.25, 0.3) is 5.91 Å². The van der Waals surface area contributed by atoms with Crippen molar-refractivity contribution in [1.82, 2.24) is 10.3 Å². The molecule has 1 heterocycles. The Hall–Kier alpha value is -2.60. The van der Waals surface area contributed by atoms with Crippen molar-refractivity contribution in [2.75, 3.05) is 5.32 Å². The molecule has 3 N–H and O–H groups in total. The minimum Gasteiger partial charge on any atom is -0.351 e. The van der Waals surface area contributed by atoms with Crippen LogP contribution in [0.4, 0.5) is 5.69 Å². The molecule has 0 saturated carbocycles. The van der Waals surface area contributed by atoms with E-state index in [1.165, 1.54) is 6.92 Å². The molecular weight excluding hydrogens is 382 g/mol. The van der Waals surface area contributed by atoms with Crippen molar-refractivity contribution in [2.24, 2.45) is 0 Å². The van der Waals surface area contributed by atoms with Gasteiger partial charge in [-0.2, -0.15) is 0 Å². The first kappa shape index (κ1) is 17.2. The fourth-order valence-corrected chi connectivity index (χ4v) is 3.05. The molecule has 0 aliphatic heterocycles. The molecule has 25 heavy (non-hydrogen) atoms. The van der Waals surface area contributed by atoms with Gasteiger partial charge < -0.3 is 15.6 Å². The summed E-state index contributed by atoms with van der Waals surface area (Å²) in [4.78, 5) is 26.8. The van der Waals surface area contributed by atoms with Gasteiger partial charge in [0.05, 0.1) is 6.04 Å². The molecule has 1 atom stereocenters. The molecule has 0 bridgehead atoms. The van der Waals surface area contributed by atoms with Crippen LogP contribution in [0.5, 0.6) is 0 Å². The molecule has 0 aliphatic rings. The predicted molar refractivity (Wildman–Crippen MR) is 103 cm³/mol. The Kier molecular flexibility index (Phi) is 4.90. The first-order valence-electron chi connectivity index (χ1n) is 7.89. The van der Waals surface area contributed by atoms with Gasteiger partial charge in [-0.25, -0.2) is 0 Å². The first-order chi connectivity index (χ1) is 11.9. The molecule has 2 aromatic carbocycles. The zero-order chi connectivity index (χ0) is 18.0. The second kappa shape index (κ2) is 7.11. The summed E-state index contributed by atoms with van der Waals surface area (Å²) in [5.41, 5.74) is 3.05. The average Bonchev–Trinajstić information content (AvgIpc) is 2.97. The summed E-state index contributed by atoms with van der Waals surface area (Å²) in [6, 6.07) is 14.9. The lowest BCUT2D eigenvalue weighted by Gasteiger charge is -2.15. The second-order valence-electron chi connectivity index (χ2n) is 5.92. The molecule has 1 aromatic heterocycles. The Bertz CT molecular complexity index is 949. The number of benzene rings is 2. The van der Waals surface area contributed by atoms with E-state index in [9.17, 15) is 9.59 Å². The lowest BCUT2D eigenvalue weighted by atomic mass is 10.1. The Balaban J connectivity index is 1.76. The van der Waals surface area contributed by atoms with Gasteiger partial charge in [-0.15, -0.1) is 0 Å². The van der Waals surface area contributed by atoms with Gasteiger partial charge in [-0.3, -0.25) is 9.59 Å². The SMILES string of the molecule is CC(=O)Nc1cccc(C(C)NC(=O)c2cc3cc(Br)ccc3[nH]2)c1. The Morgan fingerprint density at radius 2 is 1.92 bits per heavy atom. The monoisotopic (exact) mass is 399 g/mol. The first-order valence-corrected chi connectivity index (χ1v) is 8.68. The van der Waals surface area contributed by atoms with Crippen LogP contribution in [-0.4, -0.2) is 16.8 Å². The molecule has 0 fully saturated rings. The van der Waals surface area contributed by atoms with Crippen LogP contribution in [0.1, 0.15) is 35.9 Å². The summed E-state index contributed by atoms with van der Waals surface area (Å²) in [5, 5.41) is 6.69. The van der Waals surface area contributed by atoms with Crippen LogP contribution in [0.3, 0.4) is 0 Å². The zero-order valence-corrected chi connectivity index (χ0v) is 15.5. The van der Waals surface area contributed by atoms with Crippen molar-refractivity contribution in [3.8, 4) is 0 Å². The van der Waals surface area contributed by atoms with Crippen LogP contribution in [-0.2, 0) is 4.79 Å². The van der Waals surface area contributed by atoms with Gasteiger partial charge in [-0.05, 0) is 48.9 Å². The Morgan fingerprint density at radius 3 is 2.68 bits per heavy atom. The lowest BCUT2D eigenvalue weighted by Crippen LogP contribution is -2.27. The fourth-order valence-electron chi connectivity index (χ4n) is 2.67. The lowest BCUT2D eigenvalue weighted by molar-refractivity contribution is -0.114. The molecule has 0 spiro atoms. The number of aromatic amines is 1. The van der Waals surface area contributed by atoms with Crippen LogP contribution in [0.2, 0.25) is 0 Å². The minimum absolute atomic E-state index is 0.127. The van der Waals surface area contributed by atoms with Gasteiger partial charge in [0.2, 0.25) is 5.91 Å². The number of hydrogen-bond donors (Lipinski definition) is 3. The molecule has 5 nitrogen and oxygen atoms in total. The van der Waals surface area contributed by atoms with Crippen LogP contribution >= 0.6 is 15.9 Å². The quantitative estimate of drug-likeness (QED) is 0.608. The number of rotatable bonds is 4. The maximum absolute atomic E-state index is 12.5. The third-order valence-corrected chi connectivity index (χ3v) is 4.38. The number of halogens is 1. The maximum atomic E-state index is 12.5. The fraction of sp³-hybridized carbons (Fsp3) is 0.158. The topological polar surface area (TPSA) is 74.0 Å². The summed E-state index contributed by atoms with van der Waals surface area (Å²) in [5.74, 6) is -0.303. The summed E-state index contributed by atoms with van der Waals surface area (Å²) in [6.45, 7) is 3.37. The van der Waals surface area contributed by atoms with Gasteiger partial charge in [0, 0.05) is 28.0 Å². The van der Waals surface area contributed by atoms with Crippen molar-refractivity contribution in [3.05, 3.63) is 64.3 Å². The number of amides is 2. The Labute approximate surface area is 153 Å². The van der Waals surface area contributed by atoms with Crippen LogP contribution in [0.25, 0.3) is 10.9 Å². The summed E-state index contributed by atoms with van der Waals surface area (Å²) in [6.07, 6.45) is 0. The van der Waals surface area contributed by atoms with Crippen LogP contribution < -0.4 is 10.6 Å². The van der Waals surface area contributed by atoms with E-state index in [2.05, 4.69) is 31.5 Å². The molecule has 1 unspecified atom stereocenters. The van der Waals surface area contributed by atoms with E-state index in [-0.39, 0.29) is 17.9 Å². The third kappa shape index (κ3) is 4.09. The molecule has 6 heteroatoms. The molecule has 128 valence electrons. The van der Waals surface area contributed by atoms with E-state index in [0.29, 0.717) is 11.4 Å². The molecule has 0 saturated heterocycles. The minimum atomic E-state index is -0.195. The van der Waals surface area contributed by atoms with E-state index in [0.717, 1.165) is 20.9 Å². The molecule has 2 amide bonds. The number of anilines is 1. The maximum Gasteiger partial charge on any atom is 0.268 e. The van der Waals surface area contributed by atoms with Gasteiger partial charge in [0.1, 0.15) is 5.69 Å². The van der Waals surface area contributed by atoms with Crippen molar-refractivity contribution >= 4 is 44.3 Å². The van der Waals surface area contributed by atoms with Gasteiger partial charge in [0.15, 0.2) is 0 Å². The average molecular weight is 400 g/mol. The summed E-state index contributed by atoms with van der Waals surface area (Å²) < 4.78 is 0.967. The molecule has 3 aromatic rings. The highest BCUT2D eigenvalue weighted by atomic mass is 79.9. The van der Waals surface area contributed by atoms with Crippen LogP contribution in [0.15, 0.2) is 53.0 Å². The van der Waals surface area contributed by atoms with Crippen molar-refractivity contribution < 1.29 is 9.59 Å². The van der Waals surface area contributed by atoms with Gasteiger partial charge >= 0.3 is 0 Å². The van der Waals surface area contributed by atoms with Gasteiger partial charge in [-0.1, -0.05) is 28.1 Å². The molecular formula is C19H18BrN3O2. The predicted octanol–water partition coefficient (Wildman–Crippen LogP) is 4.38. The van der Waals surface area contributed by atoms with Crippen molar-refractivity contribution in [1.29, 1.82) is 0 Å². The number of H-pyrrole nitrogens is 1. The number of carbonyl (C=O) groups excluding carboxylic acids is 2. The highest BCUT2D eigenvalue weighted by molar-refractivity contribution is 9.10. The van der Waals surface area contributed by atoms with Crippen molar-refractivity contribution in [3.63, 3.8) is 0 Å². The smallest absolute Gasteiger partial charge is 0.268 e. The number of fused-ring (bicyclic) bond motifs is 1. The van der Waals surface area contributed by atoms with E-state index < -0.39 is 0 Å². The number of nitrogens with one attached hydrogen (secondary N) is 3. The molecule has 3 rings (SSSR count). The Morgan fingerprint density at radius 1 is 1.12 bits per heavy atom. The zero-order valence-electron chi connectivity index (χ0n) is 13.9. The second-order valence-corrected chi connectivity index (χ2v) is 6.83. The van der Waals surface area contributed by atoms with Crippen LogP contribution in [0, 0.1) is 0 Å². The number of carbonyl (C=O) groups is 2.